The number of amides is 3. The maximum Gasteiger partial charge on any atom is 0.261 e. The number of hydrogen-bond acceptors (Lipinski definition) is 9. The largest absolute Gasteiger partial charge is 0.598 e. The Hall–Kier alpha value is -3.59. The van der Waals surface area contributed by atoms with E-state index in [1.807, 2.05) is 4.31 Å². The molecule has 11 nitrogen and oxygen atoms in total. The lowest BCUT2D eigenvalue weighted by Gasteiger charge is -2.39. The number of benzene rings is 2. The first kappa shape index (κ1) is 28.5. The summed E-state index contributed by atoms with van der Waals surface area (Å²) in [6.45, 7) is 1.25. The van der Waals surface area contributed by atoms with Crippen LogP contribution in [0.5, 0.6) is 0 Å². The molecule has 14 heteroatoms. The number of nitrogens with two attached hydrogens (primary N) is 1. The number of carbonyl (C=O) groups excluding carboxylic acids is 3. The third kappa shape index (κ3) is 5.35. The Morgan fingerprint density at radius 2 is 1.88 bits per heavy atom. The lowest BCUT2D eigenvalue weighted by molar-refractivity contribution is 0.0663. The highest BCUT2D eigenvalue weighted by molar-refractivity contribution is 9.10. The van der Waals surface area contributed by atoms with E-state index in [1.54, 1.807) is 30.5 Å². The fourth-order valence-corrected chi connectivity index (χ4v) is 7.21. The van der Waals surface area contributed by atoms with Crippen LogP contribution in [0, 0.1) is 11.2 Å². The molecule has 2 aliphatic heterocycles. The lowest BCUT2D eigenvalue weighted by atomic mass is 9.90. The van der Waals surface area contributed by atoms with Crippen molar-refractivity contribution in [3.63, 3.8) is 0 Å². The van der Waals surface area contributed by atoms with E-state index in [0.717, 1.165) is 18.9 Å². The number of aromatic nitrogens is 2. The van der Waals surface area contributed by atoms with Gasteiger partial charge >= 0.3 is 0 Å². The van der Waals surface area contributed by atoms with Crippen LogP contribution >= 0.6 is 15.9 Å². The van der Waals surface area contributed by atoms with Gasteiger partial charge in [0.2, 0.25) is 5.95 Å². The van der Waals surface area contributed by atoms with Gasteiger partial charge in [-0.15, -0.1) is 4.31 Å². The molecule has 4 N–H and O–H groups in total. The summed E-state index contributed by atoms with van der Waals surface area (Å²) >= 11 is 2.04. The minimum atomic E-state index is -1.36. The molecule has 1 saturated carbocycles. The molecule has 0 bridgehead atoms. The Morgan fingerprint density at radius 1 is 1.17 bits per heavy atom. The number of halogens is 2. The van der Waals surface area contributed by atoms with E-state index in [-0.39, 0.29) is 46.8 Å². The molecule has 3 amide bonds. The van der Waals surface area contributed by atoms with Crippen LogP contribution in [0.25, 0.3) is 0 Å². The predicted molar refractivity (Wildman–Crippen MR) is 158 cm³/mol. The van der Waals surface area contributed by atoms with Crippen molar-refractivity contribution in [2.45, 2.75) is 25.3 Å². The zero-order valence-corrected chi connectivity index (χ0v) is 24.7. The number of rotatable bonds is 9. The first-order valence-corrected chi connectivity index (χ1v) is 15.5. The number of piperidine rings is 1. The van der Waals surface area contributed by atoms with Gasteiger partial charge < -0.3 is 20.9 Å². The van der Waals surface area contributed by atoms with Gasteiger partial charge in [-0.3, -0.25) is 19.3 Å². The second-order valence-electron chi connectivity index (χ2n) is 10.6. The molecule has 2 aromatic carbocycles. The number of nitrogens with one attached hydrogen (secondary N) is 2. The summed E-state index contributed by atoms with van der Waals surface area (Å²) in [6, 6.07) is 10.9. The van der Waals surface area contributed by atoms with Gasteiger partial charge in [-0.2, -0.15) is 4.98 Å². The maximum atomic E-state index is 14.2. The third-order valence-electron chi connectivity index (χ3n) is 8.01. The molecule has 3 aliphatic rings. The highest BCUT2D eigenvalue weighted by Gasteiger charge is 2.55. The summed E-state index contributed by atoms with van der Waals surface area (Å²) in [5.74, 6) is -1.46. The number of carbonyl (C=O) groups is 3. The highest BCUT2D eigenvalue weighted by atomic mass is 79.9. The van der Waals surface area contributed by atoms with Gasteiger partial charge in [0.05, 0.1) is 39.9 Å². The fraction of sp³-hybridized carbons (Fsp3) is 0.321. The van der Waals surface area contributed by atoms with E-state index in [4.69, 9.17) is 5.73 Å². The minimum absolute atomic E-state index is 0.0337. The van der Waals surface area contributed by atoms with Gasteiger partial charge in [0, 0.05) is 35.6 Å². The summed E-state index contributed by atoms with van der Waals surface area (Å²) in [4.78, 5) is 47.2. The molecule has 218 valence electrons. The van der Waals surface area contributed by atoms with Crippen LogP contribution in [-0.2, 0) is 11.4 Å². The number of fused-ring (bicyclic) bond motifs is 1. The van der Waals surface area contributed by atoms with Gasteiger partial charge in [0.15, 0.2) is 0 Å². The smallest absolute Gasteiger partial charge is 0.261 e. The Labute approximate surface area is 252 Å². The van der Waals surface area contributed by atoms with Crippen molar-refractivity contribution >= 4 is 62.5 Å². The Kier molecular flexibility index (Phi) is 7.64. The number of hydrogen-bond donors (Lipinski definition) is 3. The summed E-state index contributed by atoms with van der Waals surface area (Å²) < 4.78 is 29.9. The Morgan fingerprint density at radius 3 is 2.55 bits per heavy atom. The summed E-state index contributed by atoms with van der Waals surface area (Å²) in [7, 11) is 0. The summed E-state index contributed by atoms with van der Waals surface area (Å²) in [6.07, 6.45) is 4.15. The molecule has 1 spiro atoms. The number of nitrogens with zero attached hydrogens (tertiary/aromatic N) is 4. The number of imide groups is 1. The molecular weight excluding hydrogens is 629 g/mol. The fourth-order valence-electron chi connectivity index (χ4n) is 5.61. The molecule has 0 radical (unpaired) electrons. The first-order valence-electron chi connectivity index (χ1n) is 13.4. The van der Waals surface area contributed by atoms with Crippen molar-refractivity contribution in [2.24, 2.45) is 11.1 Å². The SMILES string of the molecule is NC(=O)c1c(F)cccc1Nc1nc(NC2CCN([S+]([O-])CCN3C(=O)c4ccccc4C3=O)CC23CC3)ncc1Br. The van der Waals surface area contributed by atoms with Crippen LogP contribution in [0.2, 0.25) is 0 Å². The molecule has 1 saturated heterocycles. The van der Waals surface area contributed by atoms with Crippen molar-refractivity contribution in [3.05, 3.63) is 75.6 Å². The van der Waals surface area contributed by atoms with Gasteiger partial charge in [-0.05, 0) is 59.5 Å². The molecule has 1 aromatic heterocycles. The minimum Gasteiger partial charge on any atom is -0.598 e. The van der Waals surface area contributed by atoms with Gasteiger partial charge in [0.1, 0.15) is 17.4 Å². The van der Waals surface area contributed by atoms with Crippen LogP contribution in [0.4, 0.5) is 21.8 Å². The van der Waals surface area contributed by atoms with E-state index >= 15 is 0 Å². The molecule has 2 atom stereocenters. The van der Waals surface area contributed by atoms with Crippen molar-refractivity contribution in [1.82, 2.24) is 19.2 Å². The topological polar surface area (TPSA) is 157 Å². The van der Waals surface area contributed by atoms with Crippen molar-refractivity contribution in [2.75, 3.05) is 36.0 Å². The molecule has 6 rings (SSSR count). The zero-order valence-electron chi connectivity index (χ0n) is 22.3. The van der Waals surface area contributed by atoms with E-state index in [0.29, 0.717) is 46.9 Å². The monoisotopic (exact) mass is 655 g/mol. The standard InChI is InChI=1S/C28H27BrFN7O4S/c29-18-14-32-27(35-24(18)33-20-7-3-6-19(30)22(20)23(31)38)34-21-8-11-36(15-28(21)9-10-28)42(41)13-12-37-25(39)16-4-1-2-5-17(16)26(37)40/h1-7,14,21H,8-13,15H2,(H2,31,38)(H2,32,33,34,35). The lowest BCUT2D eigenvalue weighted by Crippen LogP contribution is -2.51. The van der Waals surface area contributed by atoms with Crippen molar-refractivity contribution < 1.29 is 23.3 Å². The molecule has 1 aliphatic carbocycles. The second kappa shape index (κ2) is 11.2. The van der Waals surface area contributed by atoms with Gasteiger partial charge in [-0.1, -0.05) is 18.2 Å². The van der Waals surface area contributed by atoms with E-state index in [9.17, 15) is 23.3 Å². The van der Waals surface area contributed by atoms with Crippen LogP contribution < -0.4 is 16.4 Å². The number of primary amides is 1. The van der Waals surface area contributed by atoms with E-state index < -0.39 is 23.1 Å². The van der Waals surface area contributed by atoms with Gasteiger partial charge in [-0.25, -0.2) is 9.37 Å². The predicted octanol–water partition coefficient (Wildman–Crippen LogP) is 3.45. The highest BCUT2D eigenvalue weighted by Crippen LogP contribution is 2.53. The average molecular weight is 657 g/mol. The Balaban J connectivity index is 1.08. The Bertz CT molecular complexity index is 1550. The van der Waals surface area contributed by atoms with E-state index in [1.165, 1.54) is 17.0 Å². The van der Waals surface area contributed by atoms with Crippen LogP contribution in [0.3, 0.4) is 0 Å². The normalized spacial score (nSPS) is 20.0. The van der Waals surface area contributed by atoms with Crippen LogP contribution in [0.1, 0.15) is 50.3 Å². The molecule has 2 fully saturated rings. The van der Waals surface area contributed by atoms with Gasteiger partial charge in [0.25, 0.3) is 17.7 Å². The summed E-state index contributed by atoms with van der Waals surface area (Å²) in [5, 5.41) is 6.39. The van der Waals surface area contributed by atoms with Crippen LogP contribution in [0.15, 0.2) is 53.1 Å². The molecule has 2 unspecified atom stereocenters. The quantitative estimate of drug-likeness (QED) is 0.232. The third-order valence-corrected chi connectivity index (χ3v) is 10.0. The second-order valence-corrected chi connectivity index (χ2v) is 13.0. The molecule has 3 heterocycles. The molecule has 42 heavy (non-hydrogen) atoms. The maximum absolute atomic E-state index is 14.2. The first-order chi connectivity index (χ1) is 20.2. The molecular formula is C28H27BrFN7O4S. The van der Waals surface area contributed by atoms with Crippen molar-refractivity contribution in [3.8, 4) is 0 Å². The van der Waals surface area contributed by atoms with E-state index in [2.05, 4.69) is 36.5 Å². The molecule has 3 aromatic rings. The summed E-state index contributed by atoms with van der Waals surface area (Å²) in [5.41, 5.74) is 5.96. The van der Waals surface area contributed by atoms with Crippen molar-refractivity contribution in [1.29, 1.82) is 0 Å². The number of anilines is 3. The zero-order chi connectivity index (χ0) is 29.6. The van der Waals surface area contributed by atoms with Crippen LogP contribution in [-0.4, -0.2) is 72.9 Å². The average Bonchev–Trinajstić information content (AvgIpc) is 3.70.